The standard InChI is InChI=1S/C15H17N3OS/c1-11(2)19-14-5-3-12(4-6-14)16-9-13-10-18-7-8-20-15(18)17-13/h3-8,10-11,16H,9H2,1-2H3. The van der Waals surface area contributed by atoms with Crippen LogP contribution >= 0.6 is 11.3 Å². The van der Waals surface area contributed by atoms with Crippen molar-refractivity contribution in [2.24, 2.45) is 0 Å². The van der Waals surface area contributed by atoms with E-state index in [0.717, 1.165) is 28.6 Å². The highest BCUT2D eigenvalue weighted by molar-refractivity contribution is 7.15. The second-order valence-electron chi connectivity index (χ2n) is 4.87. The zero-order chi connectivity index (χ0) is 13.9. The quantitative estimate of drug-likeness (QED) is 0.776. The van der Waals surface area contributed by atoms with Crippen LogP contribution in [0.2, 0.25) is 0 Å². The molecule has 1 N–H and O–H groups in total. The molecule has 2 aromatic heterocycles. The van der Waals surface area contributed by atoms with Crippen molar-refractivity contribution in [2.75, 3.05) is 5.32 Å². The van der Waals surface area contributed by atoms with E-state index in [-0.39, 0.29) is 6.10 Å². The molecule has 0 aliphatic heterocycles. The Morgan fingerprint density at radius 2 is 2.10 bits per heavy atom. The van der Waals surface area contributed by atoms with Gasteiger partial charge in [-0.15, -0.1) is 11.3 Å². The maximum atomic E-state index is 5.62. The van der Waals surface area contributed by atoms with Gasteiger partial charge in [0.05, 0.1) is 18.3 Å². The molecule has 0 saturated heterocycles. The largest absolute Gasteiger partial charge is 0.491 e. The maximum Gasteiger partial charge on any atom is 0.193 e. The Labute approximate surface area is 122 Å². The lowest BCUT2D eigenvalue weighted by Crippen LogP contribution is -2.05. The van der Waals surface area contributed by atoms with Crippen LogP contribution in [-0.2, 0) is 6.54 Å². The molecule has 0 amide bonds. The summed E-state index contributed by atoms with van der Waals surface area (Å²) in [5.41, 5.74) is 2.11. The van der Waals surface area contributed by atoms with Gasteiger partial charge in [0.25, 0.3) is 0 Å². The summed E-state index contributed by atoms with van der Waals surface area (Å²) in [6.45, 7) is 4.77. The van der Waals surface area contributed by atoms with E-state index in [0.29, 0.717) is 0 Å². The molecule has 0 saturated carbocycles. The molecule has 20 heavy (non-hydrogen) atoms. The van der Waals surface area contributed by atoms with Crippen molar-refractivity contribution >= 4 is 22.0 Å². The molecule has 0 spiro atoms. The highest BCUT2D eigenvalue weighted by Gasteiger charge is 2.02. The molecule has 0 bridgehead atoms. The normalized spacial score (nSPS) is 11.2. The Balaban J connectivity index is 1.61. The summed E-state index contributed by atoms with van der Waals surface area (Å²) >= 11 is 1.64. The molecule has 0 unspecified atom stereocenters. The van der Waals surface area contributed by atoms with Gasteiger partial charge in [0.1, 0.15) is 5.75 Å². The topological polar surface area (TPSA) is 38.6 Å². The maximum absolute atomic E-state index is 5.62. The molecule has 0 atom stereocenters. The van der Waals surface area contributed by atoms with E-state index in [1.54, 1.807) is 11.3 Å². The third kappa shape index (κ3) is 2.93. The van der Waals surface area contributed by atoms with Gasteiger partial charge in [-0.05, 0) is 38.1 Å². The van der Waals surface area contributed by atoms with Crippen LogP contribution in [0, 0.1) is 0 Å². The molecule has 104 valence electrons. The van der Waals surface area contributed by atoms with Gasteiger partial charge < -0.3 is 10.1 Å². The van der Waals surface area contributed by atoms with Crippen LogP contribution in [0.25, 0.3) is 4.96 Å². The average Bonchev–Trinajstić information content (AvgIpc) is 2.98. The molecular formula is C15H17N3OS. The van der Waals surface area contributed by atoms with Crippen molar-refractivity contribution in [1.82, 2.24) is 9.38 Å². The molecule has 0 fully saturated rings. The fourth-order valence-corrected chi connectivity index (χ4v) is 2.70. The summed E-state index contributed by atoms with van der Waals surface area (Å²) in [6.07, 6.45) is 4.27. The van der Waals surface area contributed by atoms with Crippen molar-refractivity contribution in [3.63, 3.8) is 0 Å². The molecule has 1 aromatic carbocycles. The first-order valence-electron chi connectivity index (χ1n) is 6.62. The third-order valence-electron chi connectivity index (χ3n) is 2.84. The van der Waals surface area contributed by atoms with E-state index >= 15 is 0 Å². The van der Waals surface area contributed by atoms with E-state index in [4.69, 9.17) is 4.74 Å². The highest BCUT2D eigenvalue weighted by atomic mass is 32.1. The molecule has 0 radical (unpaired) electrons. The van der Waals surface area contributed by atoms with Gasteiger partial charge in [-0.3, -0.25) is 4.40 Å². The van der Waals surface area contributed by atoms with E-state index in [1.165, 1.54) is 0 Å². The number of hydrogen-bond acceptors (Lipinski definition) is 4. The molecule has 5 heteroatoms. The number of hydrogen-bond donors (Lipinski definition) is 1. The Bertz CT molecular complexity index is 656. The van der Waals surface area contributed by atoms with Crippen molar-refractivity contribution in [2.45, 2.75) is 26.5 Å². The van der Waals surface area contributed by atoms with Gasteiger partial charge in [0.15, 0.2) is 4.96 Å². The van der Waals surface area contributed by atoms with Crippen molar-refractivity contribution in [3.05, 3.63) is 47.7 Å². The van der Waals surface area contributed by atoms with Crippen LogP contribution in [0.15, 0.2) is 42.0 Å². The van der Waals surface area contributed by atoms with Crippen LogP contribution in [0.4, 0.5) is 5.69 Å². The highest BCUT2D eigenvalue weighted by Crippen LogP contribution is 2.18. The molecule has 0 aliphatic rings. The number of nitrogens with one attached hydrogen (secondary N) is 1. The second-order valence-corrected chi connectivity index (χ2v) is 5.74. The van der Waals surface area contributed by atoms with Gasteiger partial charge in [-0.25, -0.2) is 4.98 Å². The van der Waals surface area contributed by atoms with E-state index in [9.17, 15) is 0 Å². The lowest BCUT2D eigenvalue weighted by Gasteiger charge is -2.10. The molecule has 0 aliphatic carbocycles. The zero-order valence-electron chi connectivity index (χ0n) is 11.5. The number of anilines is 1. The Morgan fingerprint density at radius 1 is 1.30 bits per heavy atom. The number of ether oxygens (including phenoxy) is 1. The summed E-state index contributed by atoms with van der Waals surface area (Å²) in [5, 5.41) is 5.40. The first kappa shape index (κ1) is 13.0. The fraction of sp³-hybridized carbons (Fsp3) is 0.267. The van der Waals surface area contributed by atoms with Crippen LogP contribution < -0.4 is 10.1 Å². The number of thiazole rings is 1. The minimum Gasteiger partial charge on any atom is -0.491 e. The van der Waals surface area contributed by atoms with Gasteiger partial charge in [0.2, 0.25) is 0 Å². The Morgan fingerprint density at radius 3 is 2.80 bits per heavy atom. The van der Waals surface area contributed by atoms with Crippen molar-refractivity contribution in [1.29, 1.82) is 0 Å². The number of imidazole rings is 1. The van der Waals surface area contributed by atoms with Crippen molar-refractivity contribution < 1.29 is 4.74 Å². The predicted molar refractivity (Wildman–Crippen MR) is 82.6 cm³/mol. The first-order valence-corrected chi connectivity index (χ1v) is 7.50. The van der Waals surface area contributed by atoms with Crippen LogP contribution in [0.3, 0.4) is 0 Å². The van der Waals surface area contributed by atoms with E-state index in [2.05, 4.69) is 16.5 Å². The second kappa shape index (κ2) is 5.54. The number of fused-ring (bicyclic) bond motifs is 1. The van der Waals surface area contributed by atoms with Gasteiger partial charge >= 0.3 is 0 Å². The lowest BCUT2D eigenvalue weighted by molar-refractivity contribution is 0.242. The first-order chi connectivity index (χ1) is 9.70. The smallest absolute Gasteiger partial charge is 0.193 e. The summed E-state index contributed by atoms with van der Waals surface area (Å²) in [4.78, 5) is 5.57. The predicted octanol–water partition coefficient (Wildman–Crippen LogP) is 3.80. The molecule has 3 rings (SSSR count). The minimum atomic E-state index is 0.201. The average molecular weight is 287 g/mol. The number of benzene rings is 1. The van der Waals surface area contributed by atoms with E-state index in [1.807, 2.05) is 54.1 Å². The van der Waals surface area contributed by atoms with Gasteiger partial charge in [-0.2, -0.15) is 0 Å². The van der Waals surface area contributed by atoms with E-state index < -0.39 is 0 Å². The summed E-state index contributed by atoms with van der Waals surface area (Å²) in [7, 11) is 0. The summed E-state index contributed by atoms with van der Waals surface area (Å²) in [6, 6.07) is 8.01. The SMILES string of the molecule is CC(C)Oc1ccc(NCc2cn3ccsc3n2)cc1. The fourth-order valence-electron chi connectivity index (χ4n) is 1.98. The zero-order valence-corrected chi connectivity index (χ0v) is 12.4. The summed E-state index contributed by atoms with van der Waals surface area (Å²) in [5.74, 6) is 0.896. The minimum absolute atomic E-state index is 0.201. The van der Waals surface area contributed by atoms with Crippen molar-refractivity contribution in [3.8, 4) is 5.75 Å². The Kier molecular flexibility index (Phi) is 3.60. The number of rotatable bonds is 5. The summed E-state index contributed by atoms with van der Waals surface area (Å²) < 4.78 is 7.66. The van der Waals surface area contributed by atoms with Crippen LogP contribution in [-0.4, -0.2) is 15.5 Å². The lowest BCUT2D eigenvalue weighted by atomic mass is 10.3. The monoisotopic (exact) mass is 287 g/mol. The molecule has 4 nitrogen and oxygen atoms in total. The van der Waals surface area contributed by atoms with Gasteiger partial charge in [0, 0.05) is 23.5 Å². The molecule has 2 heterocycles. The number of nitrogens with zero attached hydrogens (tertiary/aromatic N) is 2. The van der Waals surface area contributed by atoms with Crippen LogP contribution in [0.1, 0.15) is 19.5 Å². The number of aromatic nitrogens is 2. The Hall–Kier alpha value is -2.01. The molecular weight excluding hydrogens is 270 g/mol. The molecule has 3 aromatic rings. The third-order valence-corrected chi connectivity index (χ3v) is 3.61. The van der Waals surface area contributed by atoms with Crippen LogP contribution in [0.5, 0.6) is 5.75 Å². The van der Waals surface area contributed by atoms with Gasteiger partial charge in [-0.1, -0.05) is 0 Å².